The summed E-state index contributed by atoms with van der Waals surface area (Å²) in [6.07, 6.45) is 2.52. The molecule has 1 aliphatic rings. The Labute approximate surface area is 565 Å². The fourth-order valence-electron chi connectivity index (χ4n) is 11.9. The number of hydrogen-bond acceptors (Lipinski definition) is 14. The molecule has 13 atom stereocenters. The number of amides is 11. The highest BCUT2D eigenvalue weighted by Crippen LogP contribution is 2.26. The van der Waals surface area contributed by atoms with Gasteiger partial charge < -0.3 is 65.4 Å². The molecule has 0 bridgehead atoms. The molecule has 25 heteroatoms. The standard InChI is InChI=1S/C70H117N11O14/c1-25-28-29-44(14)59(83)58-63(87)73-50(26-2)66(90)75(18)47(17)65(89)81(27-3)52(37-48-30-32-49(33-31-48)38-55(82)95-24)62(86)74-56(42(10)11)69(93)76(19)51(34-39(4)5)61(85)71-45(15)60(84)72-46(16)64(88)77(20)53(35-40(6)7)67(91)78(21)54(36-41(8)9)68(92)79(22)57(43(12)13)70(94)80(58)23/h25,28,30-33,39-47,50-54,56-59,83H,26-27,29,34-38H2,1-24H3,(H,71,85)(H,72,84)(H,73,87)(H,74,86)/b28-25+/t44-,45+,46-,47?,50?,51+,52?,53+,54+,56+,57+,58+,59-/m1/s1. The van der Waals surface area contributed by atoms with Gasteiger partial charge in [-0.15, -0.1) is 0 Å². The summed E-state index contributed by atoms with van der Waals surface area (Å²) in [6.45, 7) is 29.0. The summed E-state index contributed by atoms with van der Waals surface area (Å²) in [5, 5.41) is 23.3. The number of methoxy groups -OCH3 is 1. The summed E-state index contributed by atoms with van der Waals surface area (Å²) in [4.78, 5) is 184. The Hall–Kier alpha value is -7.44. The molecule has 0 aliphatic carbocycles. The third-order valence-electron chi connectivity index (χ3n) is 18.1. The maximum Gasteiger partial charge on any atom is 0.309 e. The molecule has 0 saturated carbocycles. The van der Waals surface area contributed by atoms with Gasteiger partial charge in [-0.1, -0.05) is 120 Å². The topological polar surface area (TPSA) is 305 Å². The van der Waals surface area contributed by atoms with Crippen LogP contribution in [-0.4, -0.2) is 239 Å². The van der Waals surface area contributed by atoms with Crippen molar-refractivity contribution in [1.82, 2.24) is 55.6 Å². The van der Waals surface area contributed by atoms with E-state index in [0.29, 0.717) is 11.1 Å². The summed E-state index contributed by atoms with van der Waals surface area (Å²) >= 11 is 0. The van der Waals surface area contributed by atoms with Crippen LogP contribution in [0.25, 0.3) is 0 Å². The van der Waals surface area contributed by atoms with Crippen molar-refractivity contribution >= 4 is 70.9 Å². The molecule has 25 nitrogen and oxygen atoms in total. The summed E-state index contributed by atoms with van der Waals surface area (Å²) in [5.74, 6) is -10.7. The Morgan fingerprint density at radius 1 is 0.516 bits per heavy atom. The number of aliphatic hydroxyl groups excluding tert-OH is 1. The van der Waals surface area contributed by atoms with E-state index in [4.69, 9.17) is 4.74 Å². The third kappa shape index (κ3) is 22.9. The number of ether oxygens (including phenoxy) is 1. The van der Waals surface area contributed by atoms with Gasteiger partial charge in [0.2, 0.25) is 65.0 Å². The van der Waals surface area contributed by atoms with Crippen molar-refractivity contribution < 1.29 is 67.4 Å². The number of likely N-dealkylation sites (N-methyl/N-ethyl adjacent to an activating group) is 7. The van der Waals surface area contributed by atoms with Crippen LogP contribution in [0, 0.1) is 35.5 Å². The monoisotopic (exact) mass is 1340 g/mol. The minimum absolute atomic E-state index is 0.0257. The lowest BCUT2D eigenvalue weighted by molar-refractivity contribution is -0.157. The molecular weight excluding hydrogens is 1220 g/mol. The molecule has 0 aromatic heterocycles. The van der Waals surface area contributed by atoms with Gasteiger partial charge in [-0.3, -0.25) is 57.5 Å². The molecule has 1 aliphatic heterocycles. The van der Waals surface area contributed by atoms with E-state index in [0.717, 1.165) is 9.80 Å². The highest BCUT2D eigenvalue weighted by molar-refractivity contribution is 6.00. The van der Waals surface area contributed by atoms with Crippen LogP contribution in [-0.2, 0) is 75.1 Å². The SMILES string of the molecule is C/C=C/C[C@@H](C)[C@@H](O)[C@H]1C(=O)NC(CC)C(=O)N(C)C(C)C(=O)N(CC)C(Cc2ccc(CC(=O)OC)cc2)C(=O)N[C@@H](C(C)C)C(=O)N(C)[C@@H](CC(C)C)C(=O)N[C@@H](C)C(=O)N[C@H](C)C(=O)N(C)[C@@H](CC(C)C)C(=O)N(C)[C@@H](CC(C)C)C(=O)N(C)[C@@H](C(C)C)C(=O)N1C. The van der Waals surface area contributed by atoms with E-state index in [9.17, 15) is 33.9 Å². The summed E-state index contributed by atoms with van der Waals surface area (Å²) in [6, 6.07) is -7.52. The Bertz CT molecular complexity index is 2830. The van der Waals surface area contributed by atoms with Crippen molar-refractivity contribution in [1.29, 1.82) is 0 Å². The first-order valence-corrected chi connectivity index (χ1v) is 33.7. The van der Waals surface area contributed by atoms with Crippen LogP contribution >= 0.6 is 0 Å². The van der Waals surface area contributed by atoms with E-state index in [1.54, 1.807) is 91.8 Å². The highest BCUT2D eigenvalue weighted by atomic mass is 16.5. The van der Waals surface area contributed by atoms with Gasteiger partial charge >= 0.3 is 5.97 Å². The van der Waals surface area contributed by atoms with Crippen molar-refractivity contribution in [3.05, 3.63) is 47.5 Å². The van der Waals surface area contributed by atoms with Gasteiger partial charge in [-0.05, 0) is 113 Å². The Morgan fingerprint density at radius 3 is 1.45 bits per heavy atom. The fourth-order valence-corrected chi connectivity index (χ4v) is 11.9. The second-order valence-corrected chi connectivity index (χ2v) is 27.8. The number of nitrogens with one attached hydrogen (secondary N) is 4. The molecule has 5 N–H and O–H groups in total. The van der Waals surface area contributed by atoms with E-state index in [-0.39, 0.29) is 69.2 Å². The van der Waals surface area contributed by atoms with Gasteiger partial charge in [0.05, 0.1) is 19.6 Å². The van der Waals surface area contributed by atoms with Crippen LogP contribution in [0.3, 0.4) is 0 Å². The summed E-state index contributed by atoms with van der Waals surface area (Å²) < 4.78 is 4.85. The van der Waals surface area contributed by atoms with Crippen LogP contribution in [0.2, 0.25) is 0 Å². The minimum atomic E-state index is -1.66. The van der Waals surface area contributed by atoms with Crippen LogP contribution in [0.5, 0.6) is 0 Å². The van der Waals surface area contributed by atoms with Crippen LogP contribution < -0.4 is 21.3 Å². The first-order valence-electron chi connectivity index (χ1n) is 33.7. The number of rotatable bonds is 18. The Balaban J connectivity index is 3.11. The molecule has 1 heterocycles. The van der Waals surface area contributed by atoms with Gasteiger partial charge in [0.15, 0.2) is 0 Å². The van der Waals surface area contributed by atoms with Crippen molar-refractivity contribution in [2.75, 3.05) is 55.9 Å². The van der Waals surface area contributed by atoms with Crippen LogP contribution in [0.1, 0.15) is 161 Å². The molecule has 3 unspecified atom stereocenters. The molecule has 11 amide bonds. The first-order chi connectivity index (χ1) is 44.2. The van der Waals surface area contributed by atoms with Crippen LogP contribution in [0.15, 0.2) is 36.4 Å². The van der Waals surface area contributed by atoms with Gasteiger partial charge in [-0.25, -0.2) is 0 Å². The zero-order valence-corrected chi connectivity index (χ0v) is 61.4. The fraction of sp³-hybridized carbons (Fsp3) is 0.714. The number of aliphatic hydroxyl groups is 1. The molecule has 0 radical (unpaired) electrons. The number of esters is 1. The highest BCUT2D eigenvalue weighted by Gasteiger charge is 2.46. The van der Waals surface area contributed by atoms with Gasteiger partial charge in [0, 0.05) is 55.3 Å². The maximum atomic E-state index is 15.3. The average molecular weight is 1340 g/mol. The molecule has 1 saturated heterocycles. The molecule has 95 heavy (non-hydrogen) atoms. The second-order valence-electron chi connectivity index (χ2n) is 27.8. The lowest BCUT2D eigenvalue weighted by Gasteiger charge is -2.41. The lowest BCUT2D eigenvalue weighted by Crippen LogP contribution is -2.64. The number of nitrogens with zero attached hydrogens (tertiary/aromatic N) is 7. The lowest BCUT2D eigenvalue weighted by atomic mass is 9.91. The molecule has 0 spiro atoms. The largest absolute Gasteiger partial charge is 0.469 e. The van der Waals surface area contributed by atoms with Gasteiger partial charge in [-0.2, -0.15) is 0 Å². The van der Waals surface area contributed by atoms with Crippen molar-refractivity contribution in [3.63, 3.8) is 0 Å². The molecule has 2 rings (SSSR count). The molecule has 1 aromatic carbocycles. The van der Waals surface area contributed by atoms with Gasteiger partial charge in [0.1, 0.15) is 66.5 Å². The summed E-state index contributed by atoms with van der Waals surface area (Å²) in [7, 11) is 9.72. The Morgan fingerprint density at radius 2 is 0.979 bits per heavy atom. The van der Waals surface area contributed by atoms with E-state index >= 15 is 28.8 Å². The smallest absolute Gasteiger partial charge is 0.309 e. The number of allylic oxidation sites excluding steroid dienone is 2. The predicted octanol–water partition coefficient (Wildman–Crippen LogP) is 3.96. The van der Waals surface area contributed by atoms with Crippen molar-refractivity contribution in [3.8, 4) is 0 Å². The third-order valence-corrected chi connectivity index (χ3v) is 18.1. The number of benzene rings is 1. The number of carbonyl (C=O) groups excluding carboxylic acids is 12. The maximum absolute atomic E-state index is 15.3. The Kier molecular flexibility index (Phi) is 33.8. The number of hydrogen-bond donors (Lipinski definition) is 5. The average Bonchev–Trinajstić information content (AvgIpc) is 0.812. The second kappa shape index (κ2) is 38.3. The molecule has 1 aromatic rings. The zero-order chi connectivity index (χ0) is 73.0. The normalized spacial score (nSPS) is 25.9. The molecule has 536 valence electrons. The van der Waals surface area contributed by atoms with Crippen molar-refractivity contribution in [2.45, 2.75) is 235 Å². The zero-order valence-electron chi connectivity index (χ0n) is 61.4. The van der Waals surface area contributed by atoms with Crippen LogP contribution in [0.4, 0.5) is 0 Å². The van der Waals surface area contributed by atoms with E-state index in [2.05, 4.69) is 21.3 Å². The molecule has 1 fully saturated rings. The number of carbonyl (C=O) groups is 12. The predicted molar refractivity (Wildman–Crippen MR) is 364 cm³/mol. The van der Waals surface area contributed by atoms with E-state index < -0.39 is 161 Å². The van der Waals surface area contributed by atoms with E-state index in [1.165, 1.54) is 94.7 Å². The molecular formula is C70H117N11O14. The quantitative estimate of drug-likeness (QED) is 0.103. The van der Waals surface area contributed by atoms with Crippen molar-refractivity contribution in [2.24, 2.45) is 35.5 Å². The van der Waals surface area contributed by atoms with Gasteiger partial charge in [0.25, 0.3) is 0 Å². The summed E-state index contributed by atoms with van der Waals surface area (Å²) in [5.41, 5.74) is 1.17. The minimum Gasteiger partial charge on any atom is -0.469 e. The first kappa shape index (κ1) is 83.6. The van der Waals surface area contributed by atoms with E-state index in [1.807, 2.05) is 41.5 Å².